The van der Waals surface area contributed by atoms with Crippen LogP contribution in [0.15, 0.2) is 30.3 Å². The van der Waals surface area contributed by atoms with Crippen LogP contribution in [0.3, 0.4) is 0 Å². The molecule has 0 bridgehead atoms. The van der Waals surface area contributed by atoms with E-state index in [1.807, 2.05) is 18.2 Å². The average Bonchev–Trinajstić information content (AvgIpc) is 2.58. The van der Waals surface area contributed by atoms with Gasteiger partial charge in [0.15, 0.2) is 5.78 Å². The molecule has 1 saturated carbocycles. The number of benzene rings is 1. The van der Waals surface area contributed by atoms with Gasteiger partial charge in [-0.1, -0.05) is 30.3 Å². The number of Topliss-reactive ketones (excluding diaryl/α,β-unsaturated/α-hetero) is 1. The lowest BCUT2D eigenvalue weighted by Crippen LogP contribution is -2.57. The monoisotopic (exact) mass is 301 g/mol. The van der Waals surface area contributed by atoms with Gasteiger partial charge in [0.25, 0.3) is 0 Å². The Hall–Kier alpha value is -1.68. The van der Waals surface area contributed by atoms with Crippen LogP contribution in [-0.4, -0.2) is 30.9 Å². The molecule has 3 rings (SSSR count). The van der Waals surface area contributed by atoms with E-state index in [-0.39, 0.29) is 36.0 Å². The summed E-state index contributed by atoms with van der Waals surface area (Å²) in [4.78, 5) is 24.1. The summed E-state index contributed by atoms with van der Waals surface area (Å²) in [7, 11) is 0. The summed E-state index contributed by atoms with van der Waals surface area (Å²) in [6, 6.07) is 9.43. The predicted molar refractivity (Wildman–Crippen MR) is 83.7 cm³/mol. The van der Waals surface area contributed by atoms with E-state index >= 15 is 0 Å². The fraction of sp³-hybridized carbons (Fsp3) is 0.556. The van der Waals surface area contributed by atoms with Crippen LogP contribution in [0.25, 0.3) is 0 Å². The SMILES string of the molecule is O=C(CCC(=O)c1ccccc1)NC1CCC12CCOCC2. The van der Waals surface area contributed by atoms with E-state index in [9.17, 15) is 9.59 Å². The van der Waals surface area contributed by atoms with E-state index in [4.69, 9.17) is 4.74 Å². The maximum absolute atomic E-state index is 12.1. The Bertz CT molecular complexity index is 535. The lowest BCUT2D eigenvalue weighted by molar-refractivity contribution is -0.127. The third-order valence-electron chi connectivity index (χ3n) is 5.17. The third-order valence-corrected chi connectivity index (χ3v) is 5.17. The van der Waals surface area contributed by atoms with Gasteiger partial charge in [0.2, 0.25) is 5.91 Å². The Morgan fingerprint density at radius 2 is 1.82 bits per heavy atom. The van der Waals surface area contributed by atoms with Crippen molar-refractivity contribution in [2.75, 3.05) is 13.2 Å². The van der Waals surface area contributed by atoms with Gasteiger partial charge in [-0.3, -0.25) is 9.59 Å². The van der Waals surface area contributed by atoms with Gasteiger partial charge in [-0.05, 0) is 31.1 Å². The number of amides is 1. The molecule has 22 heavy (non-hydrogen) atoms. The molecule has 1 saturated heterocycles. The van der Waals surface area contributed by atoms with Crippen LogP contribution in [0.5, 0.6) is 0 Å². The van der Waals surface area contributed by atoms with E-state index < -0.39 is 0 Å². The minimum atomic E-state index is -0.000141. The molecule has 1 spiro atoms. The molecule has 4 nitrogen and oxygen atoms in total. The van der Waals surface area contributed by atoms with Crippen LogP contribution in [-0.2, 0) is 9.53 Å². The molecule has 1 aromatic rings. The summed E-state index contributed by atoms with van der Waals surface area (Å²) in [5, 5.41) is 3.14. The van der Waals surface area contributed by atoms with Gasteiger partial charge in [-0.15, -0.1) is 0 Å². The Morgan fingerprint density at radius 1 is 1.09 bits per heavy atom. The minimum Gasteiger partial charge on any atom is -0.381 e. The highest BCUT2D eigenvalue weighted by molar-refractivity contribution is 5.97. The second kappa shape index (κ2) is 6.61. The van der Waals surface area contributed by atoms with Gasteiger partial charge in [0.1, 0.15) is 0 Å². The number of hydrogen-bond donors (Lipinski definition) is 1. The van der Waals surface area contributed by atoms with Crippen LogP contribution in [0, 0.1) is 5.41 Å². The molecule has 1 aliphatic heterocycles. The van der Waals surface area contributed by atoms with Crippen molar-refractivity contribution in [1.82, 2.24) is 5.32 Å². The van der Waals surface area contributed by atoms with Gasteiger partial charge in [0.05, 0.1) is 0 Å². The third kappa shape index (κ3) is 3.22. The van der Waals surface area contributed by atoms with E-state index in [1.165, 1.54) is 6.42 Å². The normalized spacial score (nSPS) is 22.8. The van der Waals surface area contributed by atoms with Gasteiger partial charge in [-0.25, -0.2) is 0 Å². The Labute approximate surface area is 131 Å². The first-order valence-electron chi connectivity index (χ1n) is 8.15. The van der Waals surface area contributed by atoms with Crippen molar-refractivity contribution in [2.45, 2.75) is 44.6 Å². The summed E-state index contributed by atoms with van der Waals surface area (Å²) in [6.45, 7) is 1.61. The lowest BCUT2D eigenvalue weighted by atomic mass is 9.60. The van der Waals surface area contributed by atoms with Gasteiger partial charge >= 0.3 is 0 Å². The molecule has 1 unspecified atom stereocenters. The number of rotatable bonds is 5. The van der Waals surface area contributed by atoms with Crippen molar-refractivity contribution in [3.63, 3.8) is 0 Å². The molecule has 1 N–H and O–H groups in total. The highest BCUT2D eigenvalue weighted by atomic mass is 16.5. The quantitative estimate of drug-likeness (QED) is 0.851. The number of carbonyl (C=O) groups is 2. The molecule has 1 amide bonds. The summed E-state index contributed by atoms with van der Waals surface area (Å²) in [6.07, 6.45) is 4.87. The van der Waals surface area contributed by atoms with Crippen molar-refractivity contribution < 1.29 is 14.3 Å². The van der Waals surface area contributed by atoms with E-state index in [2.05, 4.69) is 5.32 Å². The average molecular weight is 301 g/mol. The molecule has 2 aliphatic rings. The van der Waals surface area contributed by atoms with Crippen molar-refractivity contribution in [3.8, 4) is 0 Å². The molecule has 2 fully saturated rings. The van der Waals surface area contributed by atoms with Crippen molar-refractivity contribution >= 4 is 11.7 Å². The number of ketones is 1. The Kier molecular flexibility index (Phi) is 4.57. The Morgan fingerprint density at radius 3 is 2.45 bits per heavy atom. The number of ether oxygens (including phenoxy) is 1. The molecular weight excluding hydrogens is 278 g/mol. The van der Waals surface area contributed by atoms with Crippen LogP contribution < -0.4 is 5.32 Å². The van der Waals surface area contributed by atoms with Crippen molar-refractivity contribution in [2.24, 2.45) is 5.41 Å². The molecule has 0 aromatic heterocycles. The molecule has 118 valence electrons. The standard InChI is InChI=1S/C18H23NO3/c20-15(14-4-2-1-3-5-14)6-7-17(21)19-16-8-9-18(16)10-12-22-13-11-18/h1-5,16H,6-13H2,(H,19,21). The van der Waals surface area contributed by atoms with E-state index in [0.29, 0.717) is 5.56 Å². The summed E-state index contributed by atoms with van der Waals surface area (Å²) in [5.74, 6) is 0.0324. The smallest absolute Gasteiger partial charge is 0.220 e. The van der Waals surface area contributed by atoms with Gasteiger partial charge in [-0.2, -0.15) is 0 Å². The van der Waals surface area contributed by atoms with Gasteiger partial charge in [0, 0.05) is 37.7 Å². The molecule has 1 aliphatic carbocycles. The largest absolute Gasteiger partial charge is 0.381 e. The maximum atomic E-state index is 12.1. The number of carbonyl (C=O) groups excluding carboxylic acids is 2. The van der Waals surface area contributed by atoms with Crippen LogP contribution in [0.2, 0.25) is 0 Å². The lowest BCUT2D eigenvalue weighted by Gasteiger charge is -2.52. The first-order chi connectivity index (χ1) is 10.7. The van der Waals surface area contributed by atoms with Crippen molar-refractivity contribution in [3.05, 3.63) is 35.9 Å². The molecule has 0 radical (unpaired) electrons. The molecule has 4 heteroatoms. The summed E-state index contributed by atoms with van der Waals surface area (Å²) in [5.41, 5.74) is 0.942. The minimum absolute atomic E-state index is 0.000141. The first-order valence-corrected chi connectivity index (χ1v) is 8.15. The predicted octanol–water partition coefficient (Wildman–Crippen LogP) is 2.72. The molecular formula is C18H23NO3. The topological polar surface area (TPSA) is 55.4 Å². The molecule has 1 heterocycles. The fourth-order valence-corrected chi connectivity index (χ4v) is 3.56. The first kappa shape index (κ1) is 15.2. The number of hydrogen-bond acceptors (Lipinski definition) is 3. The maximum Gasteiger partial charge on any atom is 0.220 e. The highest BCUT2D eigenvalue weighted by Crippen LogP contribution is 2.48. The zero-order valence-corrected chi connectivity index (χ0v) is 12.8. The van der Waals surface area contributed by atoms with Gasteiger partial charge < -0.3 is 10.1 Å². The Balaban J connectivity index is 1.46. The van der Waals surface area contributed by atoms with E-state index in [1.54, 1.807) is 12.1 Å². The zero-order chi connectivity index (χ0) is 15.4. The van der Waals surface area contributed by atoms with Crippen LogP contribution in [0.4, 0.5) is 0 Å². The fourth-order valence-electron chi connectivity index (χ4n) is 3.56. The second-order valence-corrected chi connectivity index (χ2v) is 6.42. The van der Waals surface area contributed by atoms with Crippen LogP contribution >= 0.6 is 0 Å². The zero-order valence-electron chi connectivity index (χ0n) is 12.8. The van der Waals surface area contributed by atoms with Crippen LogP contribution in [0.1, 0.15) is 48.9 Å². The number of nitrogens with one attached hydrogen (secondary N) is 1. The second-order valence-electron chi connectivity index (χ2n) is 6.42. The molecule has 1 atom stereocenters. The summed E-state index contributed by atoms with van der Waals surface area (Å²) >= 11 is 0. The highest BCUT2D eigenvalue weighted by Gasteiger charge is 2.47. The van der Waals surface area contributed by atoms with Crippen molar-refractivity contribution in [1.29, 1.82) is 0 Å². The molecule has 1 aromatic carbocycles. The van der Waals surface area contributed by atoms with E-state index in [0.717, 1.165) is 32.5 Å². The summed E-state index contributed by atoms with van der Waals surface area (Å²) < 4.78 is 5.42.